The Morgan fingerprint density at radius 2 is 1.64 bits per heavy atom. The molecule has 0 bridgehead atoms. The van der Waals surface area contributed by atoms with Crippen LogP contribution >= 0.6 is 21.4 Å². The molecule has 1 aromatic carbocycles. The van der Waals surface area contributed by atoms with Gasteiger partial charge in [-0.05, 0) is 12.1 Å². The lowest BCUT2D eigenvalue weighted by molar-refractivity contribution is 0.616. The number of hydrogen-bond donors (Lipinski definition) is 0. The van der Waals surface area contributed by atoms with Gasteiger partial charge in [0.1, 0.15) is 5.58 Å². The van der Waals surface area contributed by atoms with E-state index in [1.165, 1.54) is 0 Å². The predicted molar refractivity (Wildman–Crippen MR) is 56.8 cm³/mol. The van der Waals surface area contributed by atoms with Gasteiger partial charge in [-0.25, -0.2) is 0 Å². The Labute approximate surface area is 90.2 Å². The molecule has 0 aliphatic heterocycles. The van der Waals surface area contributed by atoms with E-state index in [0.717, 1.165) is 11.0 Å². The summed E-state index contributed by atoms with van der Waals surface area (Å²) in [6, 6.07) is 9.90. The van der Waals surface area contributed by atoms with Crippen molar-refractivity contribution in [3.05, 3.63) is 36.6 Å². The summed E-state index contributed by atoms with van der Waals surface area (Å²) in [4.78, 5) is 0. The molecule has 0 atom stereocenters. The van der Waals surface area contributed by atoms with Gasteiger partial charge in [0, 0.05) is 26.8 Å². The Bertz CT molecular complexity index is 466. The molecule has 0 saturated heterocycles. The van der Waals surface area contributed by atoms with Crippen LogP contribution in [0, 0.1) is 0 Å². The smallest absolute Gasteiger partial charge is 0.317 e. The first-order chi connectivity index (χ1) is 6.47. The monoisotopic (exact) mass is 252 g/mol. The summed E-state index contributed by atoms with van der Waals surface area (Å²) in [7, 11) is 4.81. The second-order valence-electron chi connectivity index (χ2n) is 2.34. The zero-order valence-electron chi connectivity index (χ0n) is 6.85. The first-order valence-corrected chi connectivity index (χ1v) is 6.67. The fraction of sp³-hybridized carbons (Fsp3) is 0. The number of hydrogen-bond acceptors (Lipinski definition) is 3. The van der Waals surface area contributed by atoms with Crippen molar-refractivity contribution >= 4 is 40.6 Å². The SMILES string of the molecule is O=S(=O)(Cl)Cl.c1ccc2occc2c1. The largest absolute Gasteiger partial charge is 0.464 e. The molecule has 0 N–H and O–H groups in total. The highest BCUT2D eigenvalue weighted by atomic mass is 36.0. The van der Waals surface area contributed by atoms with Gasteiger partial charge in [-0.2, -0.15) is 8.42 Å². The van der Waals surface area contributed by atoms with E-state index in [0.29, 0.717) is 0 Å². The van der Waals surface area contributed by atoms with Crippen molar-refractivity contribution in [2.75, 3.05) is 0 Å². The van der Waals surface area contributed by atoms with Crippen molar-refractivity contribution in [1.82, 2.24) is 0 Å². The maximum absolute atomic E-state index is 9.16. The fourth-order valence-corrected chi connectivity index (χ4v) is 0.906. The van der Waals surface area contributed by atoms with E-state index < -0.39 is 8.26 Å². The predicted octanol–water partition coefficient (Wildman–Crippen LogP) is 3.14. The molecule has 0 fully saturated rings. The van der Waals surface area contributed by atoms with E-state index in [-0.39, 0.29) is 0 Å². The van der Waals surface area contributed by atoms with Crippen molar-refractivity contribution < 1.29 is 12.8 Å². The van der Waals surface area contributed by atoms with Gasteiger partial charge in [0.05, 0.1) is 6.26 Å². The standard InChI is InChI=1S/C8H6O.Cl2O2S/c1-2-4-8-7(3-1)5-6-9-8;1-5(2,3)4/h1-6H;. The molecule has 0 unspecified atom stereocenters. The van der Waals surface area contributed by atoms with Crippen LogP contribution in [0.3, 0.4) is 0 Å². The average Bonchev–Trinajstić information content (AvgIpc) is 2.47. The van der Waals surface area contributed by atoms with Crippen molar-refractivity contribution in [2.45, 2.75) is 0 Å². The summed E-state index contributed by atoms with van der Waals surface area (Å²) in [5.41, 5.74) is 0.956. The molecule has 2 rings (SSSR count). The van der Waals surface area contributed by atoms with Crippen LogP contribution in [0.1, 0.15) is 0 Å². The molecular formula is C8H6Cl2O3S. The van der Waals surface area contributed by atoms with Crippen LogP contribution < -0.4 is 0 Å². The summed E-state index contributed by atoms with van der Waals surface area (Å²) in [5, 5.41) is 1.16. The van der Waals surface area contributed by atoms with Crippen LogP contribution in [-0.2, 0) is 8.26 Å². The Hall–Kier alpha value is -0.710. The second kappa shape index (κ2) is 4.68. The lowest BCUT2D eigenvalue weighted by atomic mass is 10.3. The highest BCUT2D eigenvalue weighted by Crippen LogP contribution is 2.12. The summed E-state index contributed by atoms with van der Waals surface area (Å²) in [5.74, 6) is 0. The molecular weight excluding hydrogens is 247 g/mol. The van der Waals surface area contributed by atoms with Crippen LogP contribution in [0.15, 0.2) is 41.0 Å². The summed E-state index contributed by atoms with van der Waals surface area (Å²) in [6.45, 7) is 0. The lowest BCUT2D eigenvalue weighted by Gasteiger charge is -1.81. The molecule has 6 heteroatoms. The van der Waals surface area contributed by atoms with Crippen LogP contribution in [0.4, 0.5) is 0 Å². The Balaban J connectivity index is 0.000000171. The molecule has 2 aromatic rings. The molecule has 0 radical (unpaired) electrons. The van der Waals surface area contributed by atoms with Gasteiger partial charge in [-0.15, -0.1) is 0 Å². The van der Waals surface area contributed by atoms with E-state index in [4.69, 9.17) is 12.8 Å². The number of furan rings is 1. The Morgan fingerprint density at radius 1 is 1.07 bits per heavy atom. The first-order valence-electron chi connectivity index (χ1n) is 3.53. The number of para-hydroxylation sites is 1. The summed E-state index contributed by atoms with van der Waals surface area (Å²) in [6.07, 6.45) is 1.70. The normalized spacial score (nSPS) is 10.7. The Morgan fingerprint density at radius 3 is 2.21 bits per heavy atom. The van der Waals surface area contributed by atoms with Crippen molar-refractivity contribution in [2.24, 2.45) is 0 Å². The number of rotatable bonds is 0. The van der Waals surface area contributed by atoms with E-state index in [9.17, 15) is 0 Å². The summed E-state index contributed by atoms with van der Waals surface area (Å²) >= 11 is 0. The van der Waals surface area contributed by atoms with Gasteiger partial charge in [0.2, 0.25) is 0 Å². The minimum atomic E-state index is -3.72. The Kier molecular flexibility index (Phi) is 3.80. The highest BCUT2D eigenvalue weighted by Gasteiger charge is 1.89. The molecule has 0 amide bonds. The van der Waals surface area contributed by atoms with E-state index >= 15 is 0 Å². The van der Waals surface area contributed by atoms with Gasteiger partial charge in [0.15, 0.2) is 0 Å². The fourth-order valence-electron chi connectivity index (χ4n) is 0.906. The van der Waals surface area contributed by atoms with Crippen molar-refractivity contribution in [1.29, 1.82) is 0 Å². The summed E-state index contributed by atoms with van der Waals surface area (Å²) < 4.78 is 23.4. The van der Waals surface area contributed by atoms with Crippen LogP contribution in [0.5, 0.6) is 0 Å². The molecule has 3 nitrogen and oxygen atoms in total. The van der Waals surface area contributed by atoms with Crippen molar-refractivity contribution in [3.63, 3.8) is 0 Å². The zero-order valence-corrected chi connectivity index (χ0v) is 9.18. The third-order valence-electron chi connectivity index (χ3n) is 1.36. The molecule has 0 aliphatic rings. The molecule has 0 aliphatic carbocycles. The second-order valence-corrected chi connectivity index (χ2v) is 6.01. The quantitative estimate of drug-likeness (QED) is 0.677. The maximum Gasteiger partial charge on any atom is 0.317 e. The molecule has 1 aromatic heterocycles. The van der Waals surface area contributed by atoms with E-state index in [2.05, 4.69) is 21.4 Å². The third kappa shape index (κ3) is 4.50. The van der Waals surface area contributed by atoms with E-state index in [1.807, 2.05) is 30.3 Å². The minimum Gasteiger partial charge on any atom is -0.464 e. The van der Waals surface area contributed by atoms with Crippen LogP contribution in [-0.4, -0.2) is 8.42 Å². The van der Waals surface area contributed by atoms with Gasteiger partial charge < -0.3 is 4.42 Å². The molecule has 14 heavy (non-hydrogen) atoms. The molecule has 1 heterocycles. The first kappa shape index (κ1) is 11.4. The number of fused-ring (bicyclic) bond motifs is 1. The molecule has 0 saturated carbocycles. The van der Waals surface area contributed by atoms with Gasteiger partial charge in [-0.1, -0.05) is 18.2 Å². The van der Waals surface area contributed by atoms with Crippen LogP contribution in [0.2, 0.25) is 0 Å². The van der Waals surface area contributed by atoms with E-state index in [1.54, 1.807) is 6.26 Å². The number of halogens is 2. The average molecular weight is 253 g/mol. The lowest BCUT2D eigenvalue weighted by Crippen LogP contribution is -1.63. The van der Waals surface area contributed by atoms with Gasteiger partial charge in [-0.3, -0.25) is 0 Å². The third-order valence-corrected chi connectivity index (χ3v) is 1.36. The zero-order chi connectivity index (χ0) is 10.6. The topological polar surface area (TPSA) is 47.3 Å². The molecule has 0 spiro atoms. The highest BCUT2D eigenvalue weighted by molar-refractivity contribution is 8.31. The van der Waals surface area contributed by atoms with Crippen LogP contribution in [0.25, 0.3) is 11.0 Å². The van der Waals surface area contributed by atoms with Crippen molar-refractivity contribution in [3.8, 4) is 0 Å². The van der Waals surface area contributed by atoms with Gasteiger partial charge in [0.25, 0.3) is 0 Å². The van der Waals surface area contributed by atoms with Gasteiger partial charge >= 0.3 is 8.26 Å². The number of benzene rings is 1. The minimum absolute atomic E-state index is 0.956. The molecule has 76 valence electrons. The maximum atomic E-state index is 9.16.